The molecule has 0 unspecified atom stereocenters. The van der Waals surface area contributed by atoms with E-state index >= 15 is 0 Å². The Balaban J connectivity index is 2.19. The molecular weight excluding hydrogens is 286 g/mol. The summed E-state index contributed by atoms with van der Waals surface area (Å²) in [6, 6.07) is 4.61. The summed E-state index contributed by atoms with van der Waals surface area (Å²) in [6.07, 6.45) is 1.57. The van der Waals surface area contributed by atoms with Crippen molar-refractivity contribution in [1.82, 2.24) is 10.3 Å². The lowest BCUT2D eigenvalue weighted by molar-refractivity contribution is 0.422. The number of rotatable bonds is 5. The van der Waals surface area contributed by atoms with E-state index in [0.29, 0.717) is 6.54 Å². The van der Waals surface area contributed by atoms with Crippen molar-refractivity contribution in [3.05, 3.63) is 52.7 Å². The molecular formula is C14H13ClF2N2O. The van der Waals surface area contributed by atoms with Gasteiger partial charge in [-0.2, -0.15) is 0 Å². The first kappa shape index (κ1) is 14.7. The summed E-state index contributed by atoms with van der Waals surface area (Å²) in [6.45, 7) is 3.43. The van der Waals surface area contributed by atoms with Gasteiger partial charge in [0.05, 0.1) is 0 Å². The number of nitrogens with zero attached hydrogens (tertiary/aromatic N) is 1. The fourth-order valence-corrected chi connectivity index (χ4v) is 1.79. The lowest BCUT2D eigenvalue weighted by Crippen LogP contribution is -2.11. The largest absolute Gasteiger partial charge is 0.434 e. The average molecular weight is 299 g/mol. The molecule has 0 saturated heterocycles. The molecule has 0 radical (unpaired) electrons. The van der Waals surface area contributed by atoms with E-state index in [4.69, 9.17) is 16.3 Å². The Hall–Kier alpha value is -1.72. The third-order valence-electron chi connectivity index (χ3n) is 2.54. The van der Waals surface area contributed by atoms with Crippen molar-refractivity contribution in [3.8, 4) is 11.6 Å². The van der Waals surface area contributed by atoms with Gasteiger partial charge in [0.1, 0.15) is 10.8 Å². The SMILES string of the molecule is CCNCc1cnc(Oc2cc(F)ccc2F)c(Cl)c1. The third-order valence-corrected chi connectivity index (χ3v) is 2.81. The summed E-state index contributed by atoms with van der Waals surface area (Å²) >= 11 is 6.02. The zero-order valence-electron chi connectivity index (χ0n) is 10.8. The highest BCUT2D eigenvalue weighted by molar-refractivity contribution is 6.31. The van der Waals surface area contributed by atoms with Crippen molar-refractivity contribution < 1.29 is 13.5 Å². The van der Waals surface area contributed by atoms with Crippen LogP contribution in [0.15, 0.2) is 30.5 Å². The smallest absolute Gasteiger partial charge is 0.238 e. The molecule has 0 spiro atoms. The van der Waals surface area contributed by atoms with Crippen LogP contribution in [0.5, 0.6) is 11.6 Å². The molecule has 106 valence electrons. The number of nitrogens with one attached hydrogen (secondary N) is 1. The molecule has 2 rings (SSSR count). The summed E-state index contributed by atoms with van der Waals surface area (Å²) in [5.74, 6) is -1.49. The van der Waals surface area contributed by atoms with Crippen LogP contribution in [0.3, 0.4) is 0 Å². The maximum absolute atomic E-state index is 13.5. The second-order valence-electron chi connectivity index (χ2n) is 4.09. The van der Waals surface area contributed by atoms with Gasteiger partial charge in [-0.25, -0.2) is 13.8 Å². The van der Waals surface area contributed by atoms with Gasteiger partial charge in [-0.1, -0.05) is 18.5 Å². The van der Waals surface area contributed by atoms with E-state index in [-0.39, 0.29) is 16.7 Å². The van der Waals surface area contributed by atoms with Crippen LogP contribution in [0.1, 0.15) is 12.5 Å². The minimum atomic E-state index is -0.680. The predicted molar refractivity (Wildman–Crippen MR) is 73.1 cm³/mol. The van der Waals surface area contributed by atoms with Crippen molar-refractivity contribution in [2.45, 2.75) is 13.5 Å². The van der Waals surface area contributed by atoms with Gasteiger partial charge in [-0.05, 0) is 30.3 Å². The maximum atomic E-state index is 13.5. The molecule has 0 aliphatic rings. The van der Waals surface area contributed by atoms with Crippen molar-refractivity contribution in [3.63, 3.8) is 0 Å². The quantitative estimate of drug-likeness (QED) is 0.908. The molecule has 1 heterocycles. The van der Waals surface area contributed by atoms with E-state index in [0.717, 1.165) is 30.3 Å². The van der Waals surface area contributed by atoms with E-state index in [9.17, 15) is 8.78 Å². The molecule has 0 aliphatic heterocycles. The van der Waals surface area contributed by atoms with Gasteiger partial charge in [-0.3, -0.25) is 0 Å². The molecule has 3 nitrogen and oxygen atoms in total. The zero-order valence-corrected chi connectivity index (χ0v) is 11.5. The lowest BCUT2D eigenvalue weighted by atomic mass is 10.3. The van der Waals surface area contributed by atoms with E-state index in [2.05, 4.69) is 10.3 Å². The number of pyridine rings is 1. The maximum Gasteiger partial charge on any atom is 0.238 e. The Labute approximate surface area is 120 Å². The third kappa shape index (κ3) is 3.65. The summed E-state index contributed by atoms with van der Waals surface area (Å²) in [4.78, 5) is 4.01. The number of hydrogen-bond acceptors (Lipinski definition) is 3. The first-order chi connectivity index (χ1) is 9.60. The topological polar surface area (TPSA) is 34.2 Å². The Morgan fingerprint density at radius 3 is 2.80 bits per heavy atom. The fourth-order valence-electron chi connectivity index (χ4n) is 1.57. The van der Waals surface area contributed by atoms with Gasteiger partial charge in [-0.15, -0.1) is 0 Å². The Morgan fingerprint density at radius 2 is 2.10 bits per heavy atom. The molecule has 0 amide bonds. The van der Waals surface area contributed by atoms with Gasteiger partial charge >= 0.3 is 0 Å². The Kier molecular flexibility index (Phi) is 4.87. The minimum absolute atomic E-state index is 0.0383. The van der Waals surface area contributed by atoms with Crippen LogP contribution < -0.4 is 10.1 Å². The molecule has 6 heteroatoms. The van der Waals surface area contributed by atoms with Crippen molar-refractivity contribution in [1.29, 1.82) is 0 Å². The van der Waals surface area contributed by atoms with Crippen LogP contribution in [0.4, 0.5) is 8.78 Å². The van der Waals surface area contributed by atoms with Crippen molar-refractivity contribution >= 4 is 11.6 Å². The van der Waals surface area contributed by atoms with Crippen LogP contribution in [0, 0.1) is 11.6 Å². The van der Waals surface area contributed by atoms with Gasteiger partial charge in [0.2, 0.25) is 5.88 Å². The molecule has 2 aromatic rings. The molecule has 0 saturated carbocycles. The molecule has 0 bridgehead atoms. The summed E-state index contributed by atoms with van der Waals surface area (Å²) < 4.78 is 31.7. The Bertz CT molecular complexity index is 608. The van der Waals surface area contributed by atoms with E-state index < -0.39 is 11.6 Å². The second kappa shape index (κ2) is 6.63. The molecule has 0 aliphatic carbocycles. The normalized spacial score (nSPS) is 10.6. The van der Waals surface area contributed by atoms with Crippen LogP contribution in [-0.2, 0) is 6.54 Å². The van der Waals surface area contributed by atoms with Gasteiger partial charge < -0.3 is 10.1 Å². The predicted octanol–water partition coefficient (Wildman–Crippen LogP) is 3.92. The summed E-state index contributed by atoms with van der Waals surface area (Å²) in [5, 5.41) is 3.37. The van der Waals surface area contributed by atoms with Crippen LogP contribution in [0.25, 0.3) is 0 Å². The zero-order chi connectivity index (χ0) is 14.5. The molecule has 0 atom stereocenters. The Morgan fingerprint density at radius 1 is 1.30 bits per heavy atom. The van der Waals surface area contributed by atoms with Crippen LogP contribution in [0.2, 0.25) is 5.02 Å². The van der Waals surface area contributed by atoms with Crippen molar-refractivity contribution in [2.75, 3.05) is 6.54 Å². The number of ether oxygens (including phenoxy) is 1. The average Bonchev–Trinajstić information content (AvgIpc) is 2.43. The van der Waals surface area contributed by atoms with Crippen LogP contribution in [-0.4, -0.2) is 11.5 Å². The number of benzene rings is 1. The number of hydrogen-bond donors (Lipinski definition) is 1. The lowest BCUT2D eigenvalue weighted by Gasteiger charge is -2.09. The second-order valence-corrected chi connectivity index (χ2v) is 4.49. The van der Waals surface area contributed by atoms with Crippen LogP contribution >= 0.6 is 11.6 Å². The molecule has 20 heavy (non-hydrogen) atoms. The highest BCUT2D eigenvalue weighted by atomic mass is 35.5. The van der Waals surface area contributed by atoms with Gasteiger partial charge in [0.15, 0.2) is 11.6 Å². The highest BCUT2D eigenvalue weighted by Crippen LogP contribution is 2.29. The van der Waals surface area contributed by atoms with E-state index in [1.165, 1.54) is 0 Å². The van der Waals surface area contributed by atoms with Gasteiger partial charge in [0.25, 0.3) is 0 Å². The number of aromatic nitrogens is 1. The minimum Gasteiger partial charge on any atom is -0.434 e. The molecule has 1 aromatic heterocycles. The number of halogens is 3. The van der Waals surface area contributed by atoms with Crippen molar-refractivity contribution in [2.24, 2.45) is 0 Å². The van der Waals surface area contributed by atoms with E-state index in [1.54, 1.807) is 12.3 Å². The first-order valence-corrected chi connectivity index (χ1v) is 6.46. The van der Waals surface area contributed by atoms with Gasteiger partial charge in [0, 0.05) is 18.8 Å². The van der Waals surface area contributed by atoms with E-state index in [1.807, 2.05) is 6.92 Å². The molecule has 1 aromatic carbocycles. The summed E-state index contributed by atoms with van der Waals surface area (Å²) in [5.41, 5.74) is 0.879. The molecule has 1 N–H and O–H groups in total. The first-order valence-electron chi connectivity index (χ1n) is 6.08. The molecule has 0 fully saturated rings. The fraction of sp³-hybridized carbons (Fsp3) is 0.214. The monoisotopic (exact) mass is 298 g/mol. The highest BCUT2D eigenvalue weighted by Gasteiger charge is 2.11. The summed E-state index contributed by atoms with van der Waals surface area (Å²) in [7, 11) is 0. The standard InChI is InChI=1S/C14H13ClF2N2O/c1-2-18-7-9-5-11(15)14(19-8-9)20-13-6-10(16)3-4-12(13)17/h3-6,8,18H,2,7H2,1H3.